The fraction of sp³-hybridized carbons (Fsp3) is 0.357. The second kappa shape index (κ2) is 10.7. The van der Waals surface area contributed by atoms with Gasteiger partial charge in [0, 0.05) is 25.6 Å². The van der Waals surface area contributed by atoms with Gasteiger partial charge in [0.25, 0.3) is 0 Å². The van der Waals surface area contributed by atoms with Gasteiger partial charge in [-0.25, -0.2) is 0 Å². The smallest absolute Gasteiger partial charge is 0.235 e. The minimum absolute atomic E-state index is 0.378. The molecule has 1 aromatic heterocycles. The van der Waals surface area contributed by atoms with Crippen molar-refractivity contribution in [2.24, 2.45) is 18.9 Å². The summed E-state index contributed by atoms with van der Waals surface area (Å²) in [4.78, 5) is 41.1. The minimum Gasteiger partial charge on any atom is -0.495 e. The van der Waals surface area contributed by atoms with Gasteiger partial charge >= 0.3 is 0 Å². The minimum atomic E-state index is -1.74. The summed E-state index contributed by atoms with van der Waals surface area (Å²) in [7, 11) is 4.68. The number of nitrogens with one attached hydrogen (secondary N) is 2. The van der Waals surface area contributed by atoms with Crippen LogP contribution in [0.25, 0.3) is 0 Å². The Labute approximate surface area is 220 Å². The fourth-order valence-electron chi connectivity index (χ4n) is 5.33. The Kier molecular flexibility index (Phi) is 7.54. The molecule has 1 aliphatic carbocycles. The number of amides is 2. The molecule has 0 bridgehead atoms. The highest BCUT2D eigenvalue weighted by molar-refractivity contribution is 6.11. The van der Waals surface area contributed by atoms with E-state index in [1.807, 2.05) is 0 Å². The normalized spacial score (nSPS) is 23.0. The number of aliphatic hydroxyl groups is 1. The Morgan fingerprint density at radius 2 is 1.53 bits per heavy atom. The number of carbonyl (C=O) groups is 3. The maximum atomic E-state index is 13.9. The van der Waals surface area contributed by atoms with Gasteiger partial charge in [0.1, 0.15) is 23.2 Å². The molecule has 0 saturated heterocycles. The number of anilines is 2. The highest BCUT2D eigenvalue weighted by Crippen LogP contribution is 2.47. The van der Waals surface area contributed by atoms with Gasteiger partial charge in [0.05, 0.1) is 42.8 Å². The van der Waals surface area contributed by atoms with E-state index in [4.69, 9.17) is 9.47 Å². The standard InChI is InChI=1S/C28H32N4O6/c1-16-17(15-32(3)31-16)23-24(26(34)29-18-10-6-8-12-21(18)37-4)20(33)14-28(2,36)25(23)27(35)30-19-11-7-9-13-22(19)38-5/h6-13,15,23-25,36H,14H2,1-5H3,(H,29,34)(H,30,35)/t23-,24-,25-,28+/m1/s1. The lowest BCUT2D eigenvalue weighted by Gasteiger charge is -2.44. The molecule has 0 aliphatic heterocycles. The van der Waals surface area contributed by atoms with Crippen LogP contribution in [-0.2, 0) is 21.4 Å². The molecular formula is C28H32N4O6. The summed E-state index contributed by atoms with van der Waals surface area (Å²) in [6.45, 7) is 3.19. The molecule has 200 valence electrons. The van der Waals surface area contributed by atoms with Crippen LogP contribution in [0.4, 0.5) is 11.4 Å². The van der Waals surface area contributed by atoms with Crippen LogP contribution < -0.4 is 20.1 Å². The molecular weight excluding hydrogens is 488 g/mol. The Bertz CT molecular complexity index is 1360. The number of rotatable bonds is 7. The van der Waals surface area contributed by atoms with E-state index >= 15 is 0 Å². The summed E-state index contributed by atoms with van der Waals surface area (Å²) < 4.78 is 12.3. The zero-order chi connectivity index (χ0) is 27.6. The second-order valence-corrected chi connectivity index (χ2v) is 9.70. The third-order valence-electron chi connectivity index (χ3n) is 6.97. The van der Waals surface area contributed by atoms with Gasteiger partial charge in [-0.15, -0.1) is 0 Å². The summed E-state index contributed by atoms with van der Waals surface area (Å²) >= 11 is 0. The molecule has 1 fully saturated rings. The molecule has 4 atom stereocenters. The van der Waals surface area contributed by atoms with Crippen LogP contribution in [0.5, 0.6) is 11.5 Å². The van der Waals surface area contributed by atoms with E-state index in [-0.39, 0.29) is 6.42 Å². The van der Waals surface area contributed by atoms with Crippen molar-refractivity contribution in [1.29, 1.82) is 0 Å². The van der Waals surface area contributed by atoms with Crippen molar-refractivity contribution >= 4 is 29.0 Å². The van der Waals surface area contributed by atoms with Crippen molar-refractivity contribution in [1.82, 2.24) is 9.78 Å². The van der Waals surface area contributed by atoms with Gasteiger partial charge in [0.2, 0.25) is 11.8 Å². The Hall–Kier alpha value is -4.18. The van der Waals surface area contributed by atoms with E-state index in [1.165, 1.54) is 21.1 Å². The molecule has 0 spiro atoms. The number of aryl methyl sites for hydroxylation is 2. The van der Waals surface area contributed by atoms with Crippen molar-refractivity contribution in [2.45, 2.75) is 31.8 Å². The summed E-state index contributed by atoms with van der Waals surface area (Å²) in [6, 6.07) is 13.7. The molecule has 2 amide bonds. The molecule has 1 aliphatic rings. The van der Waals surface area contributed by atoms with Gasteiger partial charge in [-0.3, -0.25) is 19.1 Å². The average molecular weight is 521 g/mol. The molecule has 3 aromatic rings. The number of ketones is 1. The highest BCUT2D eigenvalue weighted by atomic mass is 16.5. The molecule has 3 N–H and O–H groups in total. The van der Waals surface area contributed by atoms with Gasteiger partial charge in [-0.2, -0.15) is 5.10 Å². The lowest BCUT2D eigenvalue weighted by atomic mass is 9.61. The van der Waals surface area contributed by atoms with Crippen molar-refractivity contribution in [3.8, 4) is 11.5 Å². The monoisotopic (exact) mass is 520 g/mol. The van der Waals surface area contributed by atoms with Crippen LogP contribution in [0, 0.1) is 18.8 Å². The van der Waals surface area contributed by atoms with E-state index in [1.54, 1.807) is 73.4 Å². The third kappa shape index (κ3) is 5.12. The van der Waals surface area contributed by atoms with Crippen LogP contribution >= 0.6 is 0 Å². The number of carbonyl (C=O) groups excluding carboxylic acids is 3. The molecule has 4 rings (SSSR count). The first-order valence-corrected chi connectivity index (χ1v) is 12.2. The first-order valence-electron chi connectivity index (χ1n) is 12.2. The number of hydrogen-bond acceptors (Lipinski definition) is 7. The fourth-order valence-corrected chi connectivity index (χ4v) is 5.33. The third-order valence-corrected chi connectivity index (χ3v) is 6.97. The lowest BCUT2D eigenvalue weighted by molar-refractivity contribution is -0.150. The quantitative estimate of drug-likeness (QED) is 0.408. The van der Waals surface area contributed by atoms with Crippen LogP contribution in [0.15, 0.2) is 54.7 Å². The first kappa shape index (κ1) is 26.9. The van der Waals surface area contributed by atoms with Crippen LogP contribution in [-0.4, -0.2) is 52.3 Å². The molecule has 0 unspecified atom stereocenters. The van der Waals surface area contributed by atoms with Crippen molar-refractivity contribution < 1.29 is 29.0 Å². The molecule has 10 heteroatoms. The predicted molar refractivity (Wildman–Crippen MR) is 141 cm³/mol. The number of ether oxygens (including phenoxy) is 2. The number of benzene rings is 2. The first-order chi connectivity index (χ1) is 18.1. The highest BCUT2D eigenvalue weighted by Gasteiger charge is 2.56. The number of aromatic nitrogens is 2. The number of nitrogens with zero attached hydrogens (tertiary/aromatic N) is 2. The SMILES string of the molecule is COc1ccccc1NC(=O)[C@@H]1C(=O)C[C@](C)(O)[C@@H](C(=O)Nc2ccccc2OC)[C@@H]1c1cn(C)nc1C. The molecule has 1 saturated carbocycles. The Morgan fingerprint density at radius 1 is 1.00 bits per heavy atom. The largest absolute Gasteiger partial charge is 0.495 e. The van der Waals surface area contributed by atoms with E-state index in [0.29, 0.717) is 34.1 Å². The van der Waals surface area contributed by atoms with Crippen molar-refractivity contribution in [2.75, 3.05) is 24.9 Å². The van der Waals surface area contributed by atoms with Crippen LogP contribution in [0.1, 0.15) is 30.5 Å². The van der Waals surface area contributed by atoms with Gasteiger partial charge in [-0.05, 0) is 43.7 Å². The van der Waals surface area contributed by atoms with E-state index in [9.17, 15) is 19.5 Å². The predicted octanol–water partition coefficient (Wildman–Crippen LogP) is 3.06. The maximum absolute atomic E-state index is 13.9. The van der Waals surface area contributed by atoms with E-state index in [0.717, 1.165) is 0 Å². The molecule has 10 nitrogen and oxygen atoms in total. The summed E-state index contributed by atoms with van der Waals surface area (Å²) in [5, 5.41) is 21.5. The average Bonchev–Trinajstić information content (AvgIpc) is 3.20. The van der Waals surface area contributed by atoms with Crippen LogP contribution in [0.3, 0.4) is 0 Å². The lowest BCUT2D eigenvalue weighted by Crippen LogP contribution is -2.56. The number of Topliss-reactive ketones (excluding diaryl/α,β-unsaturated/α-hetero) is 1. The summed E-state index contributed by atoms with van der Waals surface area (Å²) in [5.41, 5.74) is 0.137. The zero-order valence-corrected chi connectivity index (χ0v) is 22.0. The van der Waals surface area contributed by atoms with Gasteiger partial charge < -0.3 is 25.2 Å². The van der Waals surface area contributed by atoms with Gasteiger partial charge in [0.15, 0.2) is 0 Å². The molecule has 1 heterocycles. The Morgan fingerprint density at radius 3 is 2.03 bits per heavy atom. The van der Waals surface area contributed by atoms with Crippen LogP contribution in [0.2, 0.25) is 0 Å². The molecule has 2 aromatic carbocycles. The van der Waals surface area contributed by atoms with Crippen molar-refractivity contribution in [3.05, 3.63) is 66.0 Å². The number of para-hydroxylation sites is 4. The van der Waals surface area contributed by atoms with Gasteiger partial charge in [-0.1, -0.05) is 24.3 Å². The topological polar surface area (TPSA) is 132 Å². The van der Waals surface area contributed by atoms with Crippen molar-refractivity contribution in [3.63, 3.8) is 0 Å². The number of hydrogen-bond donors (Lipinski definition) is 3. The zero-order valence-electron chi connectivity index (χ0n) is 22.0. The second-order valence-electron chi connectivity index (χ2n) is 9.70. The summed E-state index contributed by atoms with van der Waals surface area (Å²) in [5.74, 6) is -4.18. The molecule has 0 radical (unpaired) electrons. The van der Waals surface area contributed by atoms with E-state index < -0.39 is 41.0 Å². The summed E-state index contributed by atoms with van der Waals surface area (Å²) in [6.07, 6.45) is 1.30. The van der Waals surface area contributed by atoms with E-state index in [2.05, 4.69) is 15.7 Å². The number of methoxy groups -OCH3 is 2. The molecule has 38 heavy (non-hydrogen) atoms. The maximum Gasteiger partial charge on any atom is 0.235 e. The Balaban J connectivity index is 1.80.